The molecular weight excluding hydrogens is 390 g/mol. The zero-order valence-electron chi connectivity index (χ0n) is 15.9. The van der Waals surface area contributed by atoms with Crippen molar-refractivity contribution in [2.75, 3.05) is 12.4 Å². The molecule has 3 aromatic carbocycles. The first-order chi connectivity index (χ1) is 13.7. The lowest BCUT2D eigenvalue weighted by Gasteiger charge is -2.13. The Labute approximate surface area is 175 Å². The summed E-state index contributed by atoms with van der Waals surface area (Å²) in [6, 6.07) is 22.0. The zero-order valence-corrected chi connectivity index (χ0v) is 16.7. The quantitative estimate of drug-likeness (QED) is 0.346. The van der Waals surface area contributed by atoms with Crippen molar-refractivity contribution in [3.8, 4) is 11.5 Å². The summed E-state index contributed by atoms with van der Waals surface area (Å²) in [4.78, 5) is 12.6. The molecule has 0 bridgehead atoms. The number of hydrogen-bond donors (Lipinski definition) is 2. The molecule has 0 saturated heterocycles. The topological polar surface area (TPSA) is 85.9 Å². The molecule has 0 saturated carbocycles. The molecule has 0 aliphatic carbocycles. The maximum Gasteiger partial charge on any atom is 0.255 e. The molecule has 0 aromatic heterocycles. The number of carbonyl (C=O) groups is 1. The lowest BCUT2D eigenvalue weighted by Crippen LogP contribution is -2.13. The number of para-hydroxylation sites is 2. The van der Waals surface area contributed by atoms with E-state index in [1.807, 2.05) is 48.5 Å². The second-order valence-corrected chi connectivity index (χ2v) is 5.99. The fourth-order valence-electron chi connectivity index (χ4n) is 2.62. The lowest BCUT2D eigenvalue weighted by atomic mass is 10.1. The van der Waals surface area contributed by atoms with Crippen molar-refractivity contribution in [3.05, 3.63) is 89.5 Å². The summed E-state index contributed by atoms with van der Waals surface area (Å²) >= 11 is 0. The van der Waals surface area contributed by atoms with E-state index in [0.717, 1.165) is 16.9 Å². The molecule has 0 fully saturated rings. The number of halogens is 1. The number of benzene rings is 3. The minimum Gasteiger partial charge on any atom is -0.497 e. The van der Waals surface area contributed by atoms with Crippen LogP contribution in [0.5, 0.6) is 11.5 Å². The van der Waals surface area contributed by atoms with Crippen molar-refractivity contribution < 1.29 is 14.3 Å². The Hall–Kier alpha value is -3.51. The van der Waals surface area contributed by atoms with Gasteiger partial charge in [0.25, 0.3) is 5.91 Å². The summed E-state index contributed by atoms with van der Waals surface area (Å²) in [5, 5.41) is 6.37. The number of amides is 1. The Balaban J connectivity index is 0.00000300. The Morgan fingerprint density at radius 1 is 1.07 bits per heavy atom. The van der Waals surface area contributed by atoms with E-state index >= 15 is 0 Å². The standard InChI is InChI=1S/C22H21N3O3.ClH/c1-27-19-11-9-16(10-12-19)15-28-21-8-3-2-7-20(21)25-22(26)18-6-4-5-17(13-18)14-24-23;/h2-14H,15,23H2,1H3,(H,25,26);1H. The first-order valence-corrected chi connectivity index (χ1v) is 8.69. The molecule has 0 spiro atoms. The second kappa shape index (κ2) is 10.7. The Morgan fingerprint density at radius 2 is 1.83 bits per heavy atom. The summed E-state index contributed by atoms with van der Waals surface area (Å²) < 4.78 is 11.1. The number of hydrazone groups is 1. The second-order valence-electron chi connectivity index (χ2n) is 5.99. The van der Waals surface area contributed by atoms with Gasteiger partial charge in [-0.25, -0.2) is 0 Å². The third-order valence-corrected chi connectivity index (χ3v) is 4.06. The van der Waals surface area contributed by atoms with Gasteiger partial charge in [-0.2, -0.15) is 5.10 Å². The molecule has 3 aromatic rings. The summed E-state index contributed by atoms with van der Waals surface area (Å²) in [6.45, 7) is 0.374. The average Bonchev–Trinajstić information content (AvgIpc) is 2.74. The van der Waals surface area contributed by atoms with Crippen LogP contribution in [-0.2, 0) is 6.61 Å². The van der Waals surface area contributed by atoms with Crippen LogP contribution in [0.25, 0.3) is 0 Å². The highest BCUT2D eigenvalue weighted by Crippen LogP contribution is 2.25. The Kier molecular flexibility index (Phi) is 8.06. The lowest BCUT2D eigenvalue weighted by molar-refractivity contribution is 0.102. The summed E-state index contributed by atoms with van der Waals surface area (Å²) in [5.41, 5.74) is 2.84. The predicted octanol–water partition coefficient (Wildman–Crippen LogP) is 4.24. The highest BCUT2D eigenvalue weighted by atomic mass is 35.5. The molecule has 0 heterocycles. The van der Waals surface area contributed by atoms with E-state index in [2.05, 4.69) is 10.4 Å². The number of anilines is 1. The van der Waals surface area contributed by atoms with Crippen molar-refractivity contribution in [3.63, 3.8) is 0 Å². The fourth-order valence-corrected chi connectivity index (χ4v) is 2.62. The molecule has 3 N–H and O–H groups in total. The highest BCUT2D eigenvalue weighted by Gasteiger charge is 2.10. The van der Waals surface area contributed by atoms with Crippen LogP contribution in [0.2, 0.25) is 0 Å². The Bertz CT molecular complexity index is 975. The molecule has 0 aliphatic rings. The van der Waals surface area contributed by atoms with E-state index in [4.69, 9.17) is 15.3 Å². The van der Waals surface area contributed by atoms with Crippen LogP contribution in [0, 0.1) is 0 Å². The van der Waals surface area contributed by atoms with Crippen LogP contribution in [0.3, 0.4) is 0 Å². The molecule has 6 nitrogen and oxygen atoms in total. The van der Waals surface area contributed by atoms with Crippen molar-refractivity contribution in [2.24, 2.45) is 10.9 Å². The molecular formula is C22H22ClN3O3. The molecule has 0 unspecified atom stereocenters. The van der Waals surface area contributed by atoms with Crippen LogP contribution < -0.4 is 20.6 Å². The summed E-state index contributed by atoms with van der Waals surface area (Å²) in [6.07, 6.45) is 1.49. The van der Waals surface area contributed by atoms with Gasteiger partial charge in [-0.1, -0.05) is 36.4 Å². The van der Waals surface area contributed by atoms with E-state index in [1.54, 1.807) is 31.4 Å². The van der Waals surface area contributed by atoms with Crippen molar-refractivity contribution in [2.45, 2.75) is 6.61 Å². The van der Waals surface area contributed by atoms with Gasteiger partial charge in [-0.05, 0) is 47.5 Å². The predicted molar refractivity (Wildman–Crippen MR) is 117 cm³/mol. The number of rotatable bonds is 7. The van der Waals surface area contributed by atoms with Crippen molar-refractivity contribution in [1.82, 2.24) is 0 Å². The first-order valence-electron chi connectivity index (χ1n) is 8.69. The smallest absolute Gasteiger partial charge is 0.255 e. The molecule has 7 heteroatoms. The van der Waals surface area contributed by atoms with E-state index < -0.39 is 0 Å². The highest BCUT2D eigenvalue weighted by molar-refractivity contribution is 6.05. The van der Waals surface area contributed by atoms with Gasteiger partial charge in [0.05, 0.1) is 19.0 Å². The third kappa shape index (κ3) is 5.99. The minimum absolute atomic E-state index is 0. The van der Waals surface area contributed by atoms with Crippen LogP contribution in [-0.4, -0.2) is 19.2 Å². The largest absolute Gasteiger partial charge is 0.497 e. The van der Waals surface area contributed by atoms with Crippen LogP contribution in [0.4, 0.5) is 5.69 Å². The van der Waals surface area contributed by atoms with Crippen LogP contribution in [0.1, 0.15) is 21.5 Å². The third-order valence-electron chi connectivity index (χ3n) is 4.06. The summed E-state index contributed by atoms with van der Waals surface area (Å²) in [7, 11) is 1.63. The van der Waals surface area contributed by atoms with Gasteiger partial charge >= 0.3 is 0 Å². The number of nitrogens with zero attached hydrogens (tertiary/aromatic N) is 1. The summed E-state index contributed by atoms with van der Waals surface area (Å²) in [5.74, 6) is 6.31. The average molecular weight is 412 g/mol. The normalized spacial score (nSPS) is 10.2. The number of nitrogens with one attached hydrogen (secondary N) is 1. The van der Waals surface area contributed by atoms with E-state index in [9.17, 15) is 4.79 Å². The van der Waals surface area contributed by atoms with Crippen LogP contribution >= 0.6 is 12.4 Å². The molecule has 150 valence electrons. The van der Waals surface area contributed by atoms with E-state index in [0.29, 0.717) is 23.6 Å². The number of carbonyl (C=O) groups excluding carboxylic acids is 1. The van der Waals surface area contributed by atoms with Gasteiger partial charge in [-0.15, -0.1) is 12.4 Å². The maximum atomic E-state index is 12.6. The van der Waals surface area contributed by atoms with Gasteiger partial charge in [-0.3, -0.25) is 4.79 Å². The molecule has 29 heavy (non-hydrogen) atoms. The van der Waals surface area contributed by atoms with Gasteiger partial charge in [0.15, 0.2) is 0 Å². The van der Waals surface area contributed by atoms with E-state index in [1.165, 1.54) is 6.21 Å². The van der Waals surface area contributed by atoms with Gasteiger partial charge < -0.3 is 20.6 Å². The molecule has 3 rings (SSSR count). The number of ether oxygens (including phenoxy) is 2. The number of nitrogens with two attached hydrogens (primary N) is 1. The zero-order chi connectivity index (χ0) is 19.8. The molecule has 0 aliphatic heterocycles. The van der Waals surface area contributed by atoms with Crippen molar-refractivity contribution >= 4 is 30.2 Å². The molecule has 0 radical (unpaired) electrons. The SMILES string of the molecule is COc1ccc(COc2ccccc2NC(=O)c2cccc(C=NN)c2)cc1.Cl. The molecule has 0 atom stereocenters. The Morgan fingerprint density at radius 3 is 2.55 bits per heavy atom. The molecule has 1 amide bonds. The van der Waals surface area contributed by atoms with Crippen LogP contribution in [0.15, 0.2) is 77.9 Å². The van der Waals surface area contributed by atoms with E-state index in [-0.39, 0.29) is 18.3 Å². The maximum absolute atomic E-state index is 12.6. The monoisotopic (exact) mass is 411 g/mol. The van der Waals surface area contributed by atoms with Gasteiger partial charge in [0.2, 0.25) is 0 Å². The fraction of sp³-hybridized carbons (Fsp3) is 0.0909. The number of hydrogen-bond acceptors (Lipinski definition) is 5. The van der Waals surface area contributed by atoms with Crippen molar-refractivity contribution in [1.29, 1.82) is 0 Å². The first kappa shape index (κ1) is 21.8. The minimum atomic E-state index is -0.243. The van der Waals surface area contributed by atoms with Gasteiger partial charge in [0.1, 0.15) is 18.1 Å². The number of methoxy groups -OCH3 is 1. The van der Waals surface area contributed by atoms with Gasteiger partial charge in [0, 0.05) is 5.56 Å².